The molecule has 2 aliphatic rings. The monoisotopic (exact) mass is 321 g/mol. The number of hydrogen-bond donors (Lipinski definition) is 3. The van der Waals surface area contributed by atoms with Crippen LogP contribution in [0.4, 0.5) is 4.39 Å². The van der Waals surface area contributed by atoms with E-state index in [4.69, 9.17) is 4.84 Å². The predicted octanol–water partition coefficient (Wildman–Crippen LogP) is 0.874. The van der Waals surface area contributed by atoms with Crippen molar-refractivity contribution in [1.29, 1.82) is 0 Å². The fraction of sp³-hybridized carbons (Fsp3) is 0.500. The Morgan fingerprint density at radius 2 is 2.26 bits per heavy atom. The summed E-state index contributed by atoms with van der Waals surface area (Å²) in [5, 5.41) is 19.8. The van der Waals surface area contributed by atoms with Crippen LogP contribution < -0.4 is 10.6 Å². The van der Waals surface area contributed by atoms with Gasteiger partial charge in [0.05, 0.1) is 6.10 Å². The number of piperidine rings is 1. The Hall–Kier alpha value is -1.99. The fourth-order valence-electron chi connectivity index (χ4n) is 2.91. The number of oxime groups is 1. The van der Waals surface area contributed by atoms with Crippen molar-refractivity contribution in [3.63, 3.8) is 0 Å². The number of carbonyl (C=O) groups excluding carboxylic acids is 1. The number of aliphatic hydroxyl groups excluding tert-OH is 1. The summed E-state index contributed by atoms with van der Waals surface area (Å²) in [5.41, 5.74) is 0.491. The minimum atomic E-state index is -0.896. The van der Waals surface area contributed by atoms with Gasteiger partial charge in [-0.1, -0.05) is 17.3 Å². The normalized spacial score (nSPS) is 24.9. The van der Waals surface area contributed by atoms with E-state index in [-0.39, 0.29) is 18.3 Å². The van der Waals surface area contributed by atoms with Gasteiger partial charge in [0, 0.05) is 19.5 Å². The molecule has 0 aromatic heterocycles. The van der Waals surface area contributed by atoms with Crippen LogP contribution in [-0.2, 0) is 9.63 Å². The lowest BCUT2D eigenvalue weighted by Gasteiger charge is -2.30. The van der Waals surface area contributed by atoms with Crippen molar-refractivity contribution in [1.82, 2.24) is 10.6 Å². The van der Waals surface area contributed by atoms with E-state index in [2.05, 4.69) is 15.8 Å². The summed E-state index contributed by atoms with van der Waals surface area (Å²) in [4.78, 5) is 17.6. The molecule has 1 saturated heterocycles. The first-order chi connectivity index (χ1) is 11.1. The summed E-state index contributed by atoms with van der Waals surface area (Å²) in [5.74, 6) is -0.706. The van der Waals surface area contributed by atoms with E-state index in [9.17, 15) is 14.3 Å². The van der Waals surface area contributed by atoms with Crippen molar-refractivity contribution in [2.75, 3.05) is 19.6 Å². The minimum Gasteiger partial charge on any atom is -0.387 e. The number of aliphatic hydroxyl groups is 1. The molecule has 0 saturated carbocycles. The Balaban J connectivity index is 1.51. The molecule has 124 valence electrons. The first-order valence-electron chi connectivity index (χ1n) is 7.75. The van der Waals surface area contributed by atoms with E-state index in [1.165, 1.54) is 24.3 Å². The molecule has 0 bridgehead atoms. The molecule has 0 unspecified atom stereocenters. The predicted molar refractivity (Wildman–Crippen MR) is 82.3 cm³/mol. The first kappa shape index (κ1) is 15.9. The zero-order valence-electron chi connectivity index (χ0n) is 12.7. The van der Waals surface area contributed by atoms with Gasteiger partial charge in [-0.05, 0) is 37.1 Å². The van der Waals surface area contributed by atoms with Crippen LogP contribution >= 0.6 is 0 Å². The van der Waals surface area contributed by atoms with E-state index >= 15 is 0 Å². The lowest BCUT2D eigenvalue weighted by molar-refractivity contribution is -0.115. The molecule has 0 aliphatic carbocycles. The summed E-state index contributed by atoms with van der Waals surface area (Å²) < 4.78 is 12.9. The number of rotatable bonds is 4. The van der Waals surface area contributed by atoms with Crippen molar-refractivity contribution < 1.29 is 19.1 Å². The summed E-state index contributed by atoms with van der Waals surface area (Å²) >= 11 is 0. The highest BCUT2D eigenvalue weighted by atomic mass is 19.1. The molecule has 3 N–H and O–H groups in total. The SMILES string of the molecule is O=C(NC[C@H](O)c1ccc(F)cc1)C1=NO[C@]2(CCCNC2)C1. The van der Waals surface area contributed by atoms with E-state index in [0.29, 0.717) is 24.2 Å². The fourth-order valence-corrected chi connectivity index (χ4v) is 2.91. The highest BCUT2D eigenvalue weighted by Gasteiger charge is 2.42. The summed E-state index contributed by atoms with van der Waals surface area (Å²) in [6.45, 7) is 1.68. The second-order valence-electron chi connectivity index (χ2n) is 6.05. The van der Waals surface area contributed by atoms with Crippen molar-refractivity contribution in [3.05, 3.63) is 35.6 Å². The van der Waals surface area contributed by atoms with E-state index in [0.717, 1.165) is 19.4 Å². The maximum absolute atomic E-state index is 12.9. The van der Waals surface area contributed by atoms with Crippen LogP contribution in [0.1, 0.15) is 30.9 Å². The lowest BCUT2D eigenvalue weighted by Crippen LogP contribution is -2.46. The third-order valence-corrected chi connectivity index (χ3v) is 4.25. The number of carbonyl (C=O) groups is 1. The average Bonchev–Trinajstić information content (AvgIpc) is 2.97. The average molecular weight is 321 g/mol. The van der Waals surface area contributed by atoms with Gasteiger partial charge >= 0.3 is 0 Å². The van der Waals surface area contributed by atoms with Gasteiger partial charge in [-0.15, -0.1) is 0 Å². The second-order valence-corrected chi connectivity index (χ2v) is 6.05. The van der Waals surface area contributed by atoms with Crippen molar-refractivity contribution in [3.8, 4) is 0 Å². The Kier molecular flexibility index (Phi) is 4.58. The summed E-state index contributed by atoms with van der Waals surface area (Å²) in [7, 11) is 0. The van der Waals surface area contributed by atoms with Crippen molar-refractivity contribution in [2.24, 2.45) is 5.16 Å². The molecule has 1 fully saturated rings. The Morgan fingerprint density at radius 1 is 1.48 bits per heavy atom. The lowest BCUT2D eigenvalue weighted by atomic mass is 9.89. The number of amides is 1. The zero-order valence-corrected chi connectivity index (χ0v) is 12.7. The number of nitrogens with one attached hydrogen (secondary N) is 2. The van der Waals surface area contributed by atoms with E-state index in [1.54, 1.807) is 0 Å². The van der Waals surface area contributed by atoms with Crippen LogP contribution in [0.2, 0.25) is 0 Å². The van der Waals surface area contributed by atoms with Gasteiger partial charge in [-0.2, -0.15) is 0 Å². The molecule has 6 nitrogen and oxygen atoms in total. The van der Waals surface area contributed by atoms with Crippen molar-refractivity contribution >= 4 is 11.6 Å². The van der Waals surface area contributed by atoms with E-state index < -0.39 is 11.7 Å². The van der Waals surface area contributed by atoms with Crippen LogP contribution in [0.15, 0.2) is 29.4 Å². The standard InChI is InChI=1S/C16H20FN3O3/c17-12-4-2-11(3-5-12)14(21)9-19-15(22)13-8-16(23-20-13)6-1-7-18-10-16/h2-5,14,18,21H,1,6-10H2,(H,19,22)/t14-,16+/m0/s1. The third kappa shape index (κ3) is 3.68. The smallest absolute Gasteiger partial charge is 0.269 e. The molecule has 1 aromatic carbocycles. The molecule has 1 spiro atoms. The summed E-state index contributed by atoms with van der Waals surface area (Å²) in [6, 6.07) is 5.53. The van der Waals surface area contributed by atoms with Crippen molar-refractivity contribution in [2.45, 2.75) is 31.0 Å². The van der Waals surface area contributed by atoms with Crippen LogP contribution in [0, 0.1) is 5.82 Å². The largest absolute Gasteiger partial charge is 0.387 e. The maximum Gasteiger partial charge on any atom is 0.269 e. The second kappa shape index (κ2) is 6.64. The molecule has 0 radical (unpaired) electrons. The third-order valence-electron chi connectivity index (χ3n) is 4.25. The molecular formula is C16H20FN3O3. The maximum atomic E-state index is 12.9. The topological polar surface area (TPSA) is 83.0 Å². The Labute approximate surface area is 133 Å². The quantitative estimate of drug-likeness (QED) is 0.768. The molecule has 2 atom stereocenters. The van der Waals surface area contributed by atoms with Gasteiger partial charge in [0.25, 0.3) is 5.91 Å². The van der Waals surface area contributed by atoms with Crippen LogP contribution in [-0.4, -0.2) is 42.0 Å². The number of benzene rings is 1. The molecular weight excluding hydrogens is 301 g/mol. The van der Waals surface area contributed by atoms with Crippen LogP contribution in [0.5, 0.6) is 0 Å². The van der Waals surface area contributed by atoms with Gasteiger partial charge in [0.1, 0.15) is 11.5 Å². The zero-order chi connectivity index (χ0) is 16.3. The number of hydrogen-bond acceptors (Lipinski definition) is 5. The van der Waals surface area contributed by atoms with Gasteiger partial charge in [-0.3, -0.25) is 4.79 Å². The van der Waals surface area contributed by atoms with Crippen LogP contribution in [0.3, 0.4) is 0 Å². The molecule has 23 heavy (non-hydrogen) atoms. The van der Waals surface area contributed by atoms with Gasteiger partial charge in [-0.25, -0.2) is 4.39 Å². The Bertz CT molecular complexity index is 597. The highest BCUT2D eigenvalue weighted by Crippen LogP contribution is 2.30. The summed E-state index contributed by atoms with van der Waals surface area (Å²) in [6.07, 6.45) is 1.44. The van der Waals surface area contributed by atoms with Gasteiger partial charge < -0.3 is 20.6 Å². The molecule has 2 heterocycles. The van der Waals surface area contributed by atoms with E-state index in [1.807, 2.05) is 0 Å². The number of halogens is 1. The molecule has 1 amide bonds. The molecule has 7 heteroatoms. The minimum absolute atomic E-state index is 0.0364. The number of nitrogens with zero attached hydrogens (tertiary/aromatic N) is 1. The van der Waals surface area contributed by atoms with Gasteiger partial charge in [0.15, 0.2) is 5.60 Å². The first-order valence-corrected chi connectivity index (χ1v) is 7.75. The highest BCUT2D eigenvalue weighted by molar-refractivity contribution is 6.39. The molecule has 3 rings (SSSR count). The molecule has 2 aliphatic heterocycles. The molecule has 1 aromatic rings. The van der Waals surface area contributed by atoms with Crippen LogP contribution in [0.25, 0.3) is 0 Å². The Morgan fingerprint density at radius 3 is 2.96 bits per heavy atom. The van der Waals surface area contributed by atoms with Gasteiger partial charge in [0.2, 0.25) is 0 Å².